The SMILES string of the molecule is O=C(O)C(C#Cc1ccccc1)(Cc1cn(Cc2ccccc2)nn1)c1ccccc1. The molecule has 1 atom stereocenters. The number of hydrogen-bond donors (Lipinski definition) is 1. The van der Waals surface area contributed by atoms with E-state index in [0.717, 1.165) is 11.1 Å². The molecule has 0 aliphatic rings. The average Bonchev–Trinajstić information content (AvgIpc) is 3.25. The summed E-state index contributed by atoms with van der Waals surface area (Å²) in [6.45, 7) is 0.564. The third-order valence-electron chi connectivity index (χ3n) is 5.05. The van der Waals surface area contributed by atoms with Gasteiger partial charge in [-0.3, -0.25) is 4.79 Å². The van der Waals surface area contributed by atoms with E-state index in [1.54, 1.807) is 23.0 Å². The van der Waals surface area contributed by atoms with Gasteiger partial charge < -0.3 is 5.11 Å². The number of carbonyl (C=O) groups is 1. The molecule has 31 heavy (non-hydrogen) atoms. The van der Waals surface area contributed by atoms with E-state index in [4.69, 9.17) is 0 Å². The first-order valence-corrected chi connectivity index (χ1v) is 9.96. The quantitative estimate of drug-likeness (QED) is 0.492. The molecular weight excluding hydrogens is 386 g/mol. The number of aliphatic carboxylic acids is 1. The second kappa shape index (κ2) is 9.10. The maximum atomic E-state index is 12.6. The van der Waals surface area contributed by atoms with E-state index >= 15 is 0 Å². The summed E-state index contributed by atoms with van der Waals surface area (Å²) in [5.41, 5.74) is 1.60. The lowest BCUT2D eigenvalue weighted by Crippen LogP contribution is -2.37. The van der Waals surface area contributed by atoms with Crippen molar-refractivity contribution in [1.29, 1.82) is 0 Å². The molecule has 0 saturated heterocycles. The normalized spacial score (nSPS) is 12.4. The minimum atomic E-state index is -1.44. The van der Waals surface area contributed by atoms with E-state index < -0.39 is 11.4 Å². The van der Waals surface area contributed by atoms with Crippen molar-refractivity contribution < 1.29 is 9.90 Å². The monoisotopic (exact) mass is 407 g/mol. The average molecular weight is 407 g/mol. The van der Waals surface area contributed by atoms with Crippen molar-refractivity contribution in [2.75, 3.05) is 0 Å². The van der Waals surface area contributed by atoms with Gasteiger partial charge in [-0.05, 0) is 23.3 Å². The molecule has 0 bridgehead atoms. The summed E-state index contributed by atoms with van der Waals surface area (Å²) in [6, 6.07) is 28.4. The van der Waals surface area contributed by atoms with Crippen molar-refractivity contribution in [2.24, 2.45) is 0 Å². The Morgan fingerprint density at radius 2 is 1.52 bits per heavy atom. The van der Waals surface area contributed by atoms with Crippen LogP contribution in [0.4, 0.5) is 0 Å². The Balaban J connectivity index is 1.70. The summed E-state index contributed by atoms with van der Waals surface area (Å²) in [5, 5.41) is 18.7. The van der Waals surface area contributed by atoms with Crippen molar-refractivity contribution in [1.82, 2.24) is 15.0 Å². The van der Waals surface area contributed by atoms with Gasteiger partial charge in [-0.2, -0.15) is 0 Å². The molecule has 0 aliphatic carbocycles. The van der Waals surface area contributed by atoms with Crippen LogP contribution in [0.1, 0.15) is 22.4 Å². The van der Waals surface area contributed by atoms with Gasteiger partial charge in [0.1, 0.15) is 0 Å². The lowest BCUT2D eigenvalue weighted by Gasteiger charge is -2.23. The smallest absolute Gasteiger partial charge is 0.326 e. The summed E-state index contributed by atoms with van der Waals surface area (Å²) >= 11 is 0. The van der Waals surface area contributed by atoms with Gasteiger partial charge in [0.05, 0.1) is 12.2 Å². The number of benzene rings is 3. The van der Waals surface area contributed by atoms with Crippen LogP contribution in [0.25, 0.3) is 0 Å². The molecule has 0 aliphatic heterocycles. The highest BCUT2D eigenvalue weighted by Gasteiger charge is 2.40. The van der Waals surface area contributed by atoms with Crippen LogP contribution in [0.2, 0.25) is 0 Å². The highest BCUT2D eigenvalue weighted by Crippen LogP contribution is 2.28. The molecule has 1 N–H and O–H groups in total. The van der Waals surface area contributed by atoms with Gasteiger partial charge in [-0.1, -0.05) is 95.9 Å². The van der Waals surface area contributed by atoms with Crippen LogP contribution in [0, 0.1) is 11.8 Å². The van der Waals surface area contributed by atoms with E-state index in [9.17, 15) is 9.90 Å². The molecule has 0 radical (unpaired) electrons. The van der Waals surface area contributed by atoms with Gasteiger partial charge in [0.2, 0.25) is 0 Å². The first-order chi connectivity index (χ1) is 15.2. The summed E-state index contributed by atoms with van der Waals surface area (Å²) in [6.07, 6.45) is 1.90. The molecule has 0 saturated carbocycles. The number of carboxylic acid groups (broad SMARTS) is 1. The molecular formula is C26H21N3O2. The summed E-state index contributed by atoms with van der Waals surface area (Å²) in [7, 11) is 0. The molecule has 152 valence electrons. The Kier molecular flexibility index (Phi) is 5.91. The van der Waals surface area contributed by atoms with Crippen molar-refractivity contribution >= 4 is 5.97 Å². The zero-order chi connectivity index (χ0) is 21.5. The first kappa shape index (κ1) is 20.1. The number of rotatable bonds is 6. The number of carboxylic acids is 1. The van der Waals surface area contributed by atoms with Gasteiger partial charge >= 0.3 is 5.97 Å². The summed E-state index contributed by atoms with van der Waals surface area (Å²) in [5.74, 6) is 5.08. The Morgan fingerprint density at radius 3 is 2.16 bits per heavy atom. The number of aromatic nitrogens is 3. The largest absolute Gasteiger partial charge is 0.480 e. The van der Waals surface area contributed by atoms with Gasteiger partial charge in [0.25, 0.3) is 0 Å². The number of nitrogens with zero attached hydrogens (tertiary/aromatic N) is 3. The molecule has 1 unspecified atom stereocenters. The zero-order valence-electron chi connectivity index (χ0n) is 16.8. The number of hydrogen-bond acceptors (Lipinski definition) is 3. The molecule has 1 heterocycles. The van der Waals surface area contributed by atoms with E-state index in [1.807, 2.05) is 78.9 Å². The lowest BCUT2D eigenvalue weighted by atomic mass is 9.77. The minimum absolute atomic E-state index is 0.112. The molecule has 5 heteroatoms. The maximum Gasteiger partial charge on any atom is 0.326 e. The first-order valence-electron chi connectivity index (χ1n) is 9.96. The fraction of sp³-hybridized carbons (Fsp3) is 0.115. The van der Waals surface area contributed by atoms with Gasteiger partial charge in [-0.15, -0.1) is 5.10 Å². The van der Waals surface area contributed by atoms with Crippen molar-refractivity contribution in [3.63, 3.8) is 0 Å². The van der Waals surface area contributed by atoms with Crippen LogP contribution in [0.15, 0.2) is 97.2 Å². The Bertz CT molecular complexity index is 1210. The molecule has 0 spiro atoms. The van der Waals surface area contributed by atoms with Crippen molar-refractivity contribution in [3.8, 4) is 11.8 Å². The van der Waals surface area contributed by atoms with E-state index in [-0.39, 0.29) is 6.42 Å². The van der Waals surface area contributed by atoms with Crippen LogP contribution in [-0.4, -0.2) is 26.1 Å². The highest BCUT2D eigenvalue weighted by molar-refractivity contribution is 5.86. The second-order valence-corrected chi connectivity index (χ2v) is 7.26. The predicted octanol–water partition coefficient (Wildman–Crippen LogP) is 3.94. The molecule has 0 fully saturated rings. The van der Waals surface area contributed by atoms with Crippen LogP contribution < -0.4 is 0 Å². The Hall–Kier alpha value is -4.17. The molecule has 4 aromatic rings. The van der Waals surface area contributed by atoms with Gasteiger partial charge in [-0.25, -0.2) is 4.68 Å². The van der Waals surface area contributed by atoms with E-state index in [0.29, 0.717) is 17.8 Å². The standard InChI is InChI=1S/C26H21N3O2/c30-25(31)26(23-14-8-3-9-15-23,17-16-21-10-4-1-5-11-21)18-24-20-29(28-27-24)19-22-12-6-2-7-13-22/h1-15,20H,18-19H2,(H,30,31). The Morgan fingerprint density at radius 1 is 0.903 bits per heavy atom. The van der Waals surface area contributed by atoms with Gasteiger partial charge in [0.15, 0.2) is 5.41 Å². The molecule has 0 amide bonds. The minimum Gasteiger partial charge on any atom is -0.480 e. The molecule has 3 aromatic carbocycles. The second-order valence-electron chi connectivity index (χ2n) is 7.26. The van der Waals surface area contributed by atoms with E-state index in [1.165, 1.54) is 0 Å². The zero-order valence-corrected chi connectivity index (χ0v) is 16.8. The van der Waals surface area contributed by atoms with Gasteiger partial charge in [0, 0.05) is 18.2 Å². The van der Waals surface area contributed by atoms with Crippen LogP contribution in [-0.2, 0) is 23.2 Å². The fourth-order valence-electron chi connectivity index (χ4n) is 3.43. The maximum absolute atomic E-state index is 12.6. The predicted molar refractivity (Wildman–Crippen MR) is 118 cm³/mol. The van der Waals surface area contributed by atoms with Crippen molar-refractivity contribution in [3.05, 3.63) is 120 Å². The third-order valence-corrected chi connectivity index (χ3v) is 5.05. The van der Waals surface area contributed by atoms with Crippen LogP contribution in [0.5, 0.6) is 0 Å². The van der Waals surface area contributed by atoms with Crippen LogP contribution in [0.3, 0.4) is 0 Å². The molecule has 4 rings (SSSR count). The summed E-state index contributed by atoms with van der Waals surface area (Å²) in [4.78, 5) is 12.6. The summed E-state index contributed by atoms with van der Waals surface area (Å²) < 4.78 is 1.72. The third kappa shape index (κ3) is 4.71. The topological polar surface area (TPSA) is 68.0 Å². The fourth-order valence-corrected chi connectivity index (χ4v) is 3.43. The molecule has 1 aromatic heterocycles. The Labute approximate surface area is 181 Å². The lowest BCUT2D eigenvalue weighted by molar-refractivity contribution is -0.141. The van der Waals surface area contributed by atoms with Crippen LogP contribution >= 0.6 is 0 Å². The van der Waals surface area contributed by atoms with Crippen molar-refractivity contribution in [2.45, 2.75) is 18.4 Å². The highest BCUT2D eigenvalue weighted by atomic mass is 16.4. The van der Waals surface area contributed by atoms with E-state index in [2.05, 4.69) is 22.2 Å². The molecule has 5 nitrogen and oxygen atoms in total.